The van der Waals surface area contributed by atoms with Crippen molar-refractivity contribution in [1.82, 2.24) is 20.6 Å². The number of hydrogen-bond acceptors (Lipinski definition) is 7. The van der Waals surface area contributed by atoms with Gasteiger partial charge in [-0.05, 0) is 56.8 Å². The first-order valence-corrected chi connectivity index (χ1v) is 11.0. The fourth-order valence-corrected chi connectivity index (χ4v) is 2.87. The molecule has 0 saturated heterocycles. The van der Waals surface area contributed by atoms with Crippen molar-refractivity contribution < 1.29 is 4.79 Å². The lowest BCUT2D eigenvalue weighted by atomic mass is 10.2. The van der Waals surface area contributed by atoms with Gasteiger partial charge >= 0.3 is 0 Å². The van der Waals surface area contributed by atoms with Crippen LogP contribution in [0, 0.1) is 23.2 Å². The first-order valence-electron chi connectivity index (χ1n) is 11.0. The van der Waals surface area contributed by atoms with Gasteiger partial charge in [0, 0.05) is 24.3 Å². The quantitative estimate of drug-likeness (QED) is 0.288. The zero-order valence-corrected chi connectivity index (χ0v) is 19.2. The van der Waals surface area contributed by atoms with Gasteiger partial charge in [-0.2, -0.15) is 10.2 Å². The highest BCUT2D eigenvalue weighted by molar-refractivity contribution is 5.81. The van der Waals surface area contributed by atoms with Crippen LogP contribution in [0.2, 0.25) is 0 Å². The highest BCUT2D eigenvalue weighted by Crippen LogP contribution is 2.21. The minimum atomic E-state index is -0.216. The van der Waals surface area contributed by atoms with Crippen LogP contribution in [0.1, 0.15) is 30.9 Å². The summed E-state index contributed by atoms with van der Waals surface area (Å²) in [6.45, 7) is 2.38. The summed E-state index contributed by atoms with van der Waals surface area (Å²) in [7, 11) is 1.75. The monoisotopic (exact) mass is 453 g/mol. The fraction of sp³-hybridized carbons (Fsp3) is 0.231. The highest BCUT2D eigenvalue weighted by atomic mass is 16.2. The molecule has 0 aliphatic heterocycles. The second-order valence-corrected chi connectivity index (χ2v) is 7.47. The predicted molar refractivity (Wildman–Crippen MR) is 134 cm³/mol. The molecule has 1 amide bonds. The molecule has 0 unspecified atom stereocenters. The van der Waals surface area contributed by atoms with E-state index in [1.54, 1.807) is 37.5 Å². The van der Waals surface area contributed by atoms with E-state index in [9.17, 15) is 4.79 Å². The van der Waals surface area contributed by atoms with Crippen molar-refractivity contribution in [3.8, 4) is 17.9 Å². The summed E-state index contributed by atoms with van der Waals surface area (Å²) >= 11 is 0. The van der Waals surface area contributed by atoms with Crippen molar-refractivity contribution in [2.24, 2.45) is 0 Å². The summed E-state index contributed by atoms with van der Waals surface area (Å²) in [4.78, 5) is 20.8. The van der Waals surface area contributed by atoms with Gasteiger partial charge in [0.25, 0.3) is 0 Å². The maximum absolute atomic E-state index is 11.8. The molecule has 172 valence electrons. The molecular weight excluding hydrogens is 426 g/mol. The van der Waals surface area contributed by atoms with Crippen LogP contribution in [0.15, 0.2) is 60.8 Å². The Morgan fingerprint density at radius 2 is 1.79 bits per heavy atom. The molecule has 0 spiro atoms. The van der Waals surface area contributed by atoms with E-state index in [0.717, 1.165) is 17.8 Å². The van der Waals surface area contributed by atoms with E-state index < -0.39 is 0 Å². The number of unbranched alkanes of at least 4 members (excludes halogenated alkanes) is 1. The van der Waals surface area contributed by atoms with Gasteiger partial charge < -0.3 is 21.3 Å². The van der Waals surface area contributed by atoms with E-state index in [4.69, 9.17) is 5.26 Å². The maximum Gasteiger partial charge on any atom is 0.236 e. The molecule has 3 rings (SSSR count). The lowest BCUT2D eigenvalue weighted by Gasteiger charge is -2.11. The van der Waals surface area contributed by atoms with Crippen molar-refractivity contribution in [3.05, 3.63) is 71.9 Å². The number of para-hydroxylation sites is 1. The summed E-state index contributed by atoms with van der Waals surface area (Å²) in [6, 6.07) is 18.7. The number of nitriles is 1. The van der Waals surface area contributed by atoms with Gasteiger partial charge in [0.2, 0.25) is 11.9 Å². The smallest absolute Gasteiger partial charge is 0.236 e. The van der Waals surface area contributed by atoms with E-state index in [0.29, 0.717) is 35.9 Å². The van der Waals surface area contributed by atoms with E-state index in [2.05, 4.69) is 49.1 Å². The number of nitrogens with one attached hydrogen (secondary N) is 4. The Morgan fingerprint density at radius 1 is 1.06 bits per heavy atom. The molecule has 0 bridgehead atoms. The zero-order valence-electron chi connectivity index (χ0n) is 19.2. The molecule has 34 heavy (non-hydrogen) atoms. The average molecular weight is 454 g/mol. The van der Waals surface area contributed by atoms with Gasteiger partial charge in [-0.15, -0.1) is 0 Å². The average Bonchev–Trinajstić information content (AvgIpc) is 2.87. The fourth-order valence-electron chi connectivity index (χ4n) is 2.87. The molecule has 0 aliphatic carbocycles. The normalized spacial score (nSPS) is 10.9. The minimum absolute atomic E-state index is 0.0245. The number of amides is 1. The standard InChI is InChI=1S/C26H27N7O/c1-19(28-2)25(34)29-16-8-4-5-9-21-18-30-26(32-23-14-12-20(17-27)13-15-23)33-24(21)31-22-10-6-3-7-11-22/h3,6-7,10-15,18-19,28H,4,8,16H2,1-2H3,(H,29,34)(H2,30,31,32,33)/t19-/m0/s1. The number of benzene rings is 2. The van der Waals surface area contributed by atoms with Crippen LogP contribution in [0.4, 0.5) is 23.1 Å². The van der Waals surface area contributed by atoms with Crippen molar-refractivity contribution >= 4 is 29.0 Å². The molecule has 8 heteroatoms. The SMILES string of the molecule is CN[C@@H](C)C(=O)NCCCC#Cc1cnc(Nc2ccc(C#N)cc2)nc1Nc1ccccc1. The summed E-state index contributed by atoms with van der Waals surface area (Å²) < 4.78 is 0. The van der Waals surface area contributed by atoms with Crippen LogP contribution in [0.5, 0.6) is 0 Å². The molecule has 1 atom stereocenters. The van der Waals surface area contributed by atoms with Gasteiger partial charge in [-0.25, -0.2) is 4.98 Å². The molecule has 4 N–H and O–H groups in total. The Labute approximate surface area is 199 Å². The molecule has 1 heterocycles. The van der Waals surface area contributed by atoms with Crippen molar-refractivity contribution in [3.63, 3.8) is 0 Å². The van der Waals surface area contributed by atoms with Crippen molar-refractivity contribution in [1.29, 1.82) is 5.26 Å². The number of nitrogens with zero attached hydrogens (tertiary/aromatic N) is 3. The Morgan fingerprint density at radius 3 is 2.50 bits per heavy atom. The third kappa shape index (κ3) is 7.33. The van der Waals surface area contributed by atoms with Crippen LogP contribution in [0.3, 0.4) is 0 Å². The molecule has 0 aliphatic rings. The van der Waals surface area contributed by atoms with E-state index in [1.165, 1.54) is 0 Å². The molecule has 3 aromatic rings. The number of likely N-dealkylation sites (N-methyl/N-ethyl adjacent to an activating group) is 1. The Balaban J connectivity index is 1.69. The number of hydrogen-bond donors (Lipinski definition) is 4. The first-order chi connectivity index (χ1) is 16.6. The number of anilines is 4. The molecule has 1 aromatic heterocycles. The van der Waals surface area contributed by atoms with E-state index in [-0.39, 0.29) is 11.9 Å². The first kappa shape index (κ1) is 24.2. The van der Waals surface area contributed by atoms with E-state index in [1.807, 2.05) is 37.3 Å². The summed E-state index contributed by atoms with van der Waals surface area (Å²) in [5, 5.41) is 21.2. The van der Waals surface area contributed by atoms with Gasteiger partial charge in [0.15, 0.2) is 5.82 Å². The van der Waals surface area contributed by atoms with Crippen LogP contribution in [-0.4, -0.2) is 35.5 Å². The summed E-state index contributed by atoms with van der Waals surface area (Å²) in [6.07, 6.45) is 3.05. The molecule has 0 saturated carbocycles. The largest absolute Gasteiger partial charge is 0.355 e. The van der Waals surface area contributed by atoms with Crippen LogP contribution in [-0.2, 0) is 4.79 Å². The maximum atomic E-state index is 11.8. The van der Waals surface area contributed by atoms with Gasteiger partial charge in [0.1, 0.15) is 0 Å². The molecule has 2 aromatic carbocycles. The van der Waals surface area contributed by atoms with E-state index >= 15 is 0 Å². The van der Waals surface area contributed by atoms with Crippen LogP contribution >= 0.6 is 0 Å². The second kappa shape index (κ2) is 12.6. The molecule has 0 fully saturated rings. The highest BCUT2D eigenvalue weighted by Gasteiger charge is 2.09. The molecular formula is C26H27N7O. The Bertz CT molecular complexity index is 1190. The third-order valence-electron chi connectivity index (χ3n) is 4.92. The lowest BCUT2D eigenvalue weighted by molar-refractivity contribution is -0.122. The number of rotatable bonds is 9. The van der Waals surface area contributed by atoms with Crippen molar-refractivity contribution in [2.75, 3.05) is 24.2 Å². The molecule has 8 nitrogen and oxygen atoms in total. The summed E-state index contributed by atoms with van der Waals surface area (Å²) in [5.74, 6) is 7.25. The minimum Gasteiger partial charge on any atom is -0.355 e. The van der Waals surface area contributed by atoms with Crippen molar-refractivity contribution in [2.45, 2.75) is 25.8 Å². The van der Waals surface area contributed by atoms with Gasteiger partial charge in [0.05, 0.1) is 29.4 Å². The number of carbonyl (C=O) groups excluding carboxylic acids is 1. The van der Waals surface area contributed by atoms with Crippen LogP contribution in [0.25, 0.3) is 0 Å². The predicted octanol–water partition coefficient (Wildman–Crippen LogP) is 3.69. The Hall–Kier alpha value is -4.40. The second-order valence-electron chi connectivity index (χ2n) is 7.47. The van der Waals surface area contributed by atoms with Gasteiger partial charge in [-0.3, -0.25) is 4.79 Å². The van der Waals surface area contributed by atoms with Gasteiger partial charge in [-0.1, -0.05) is 30.0 Å². The summed E-state index contributed by atoms with van der Waals surface area (Å²) in [5.41, 5.74) is 2.91. The van der Waals surface area contributed by atoms with Crippen LogP contribution < -0.4 is 21.3 Å². The number of aromatic nitrogens is 2. The topological polar surface area (TPSA) is 115 Å². The molecule has 0 radical (unpaired) electrons. The lowest BCUT2D eigenvalue weighted by Crippen LogP contribution is -2.40. The number of carbonyl (C=O) groups is 1. The Kier molecular flexibility index (Phi) is 8.98. The third-order valence-corrected chi connectivity index (χ3v) is 4.92. The zero-order chi connectivity index (χ0) is 24.2.